The maximum atomic E-state index is 12.6. The van der Waals surface area contributed by atoms with E-state index in [0.29, 0.717) is 12.0 Å². The SMILES string of the molecule is COC(=O)N1c2ccc3c(nc(Cc4cccc(C#N)c4)n3C3CCC(C(C)=O)CC3)c2CC[C@@H]1C. The van der Waals surface area contributed by atoms with E-state index in [1.54, 1.807) is 11.8 Å². The first-order chi connectivity index (χ1) is 17.4. The van der Waals surface area contributed by atoms with Crippen molar-refractivity contribution >= 4 is 28.6 Å². The number of rotatable bonds is 4. The normalized spacial score (nSPS) is 21.6. The lowest BCUT2D eigenvalue weighted by Crippen LogP contribution is -2.42. The van der Waals surface area contributed by atoms with Gasteiger partial charge in [0.2, 0.25) is 0 Å². The summed E-state index contributed by atoms with van der Waals surface area (Å²) < 4.78 is 7.46. The molecule has 2 aromatic carbocycles. The molecule has 1 aliphatic carbocycles. The van der Waals surface area contributed by atoms with Crippen molar-refractivity contribution in [3.63, 3.8) is 0 Å². The van der Waals surface area contributed by atoms with E-state index in [1.165, 1.54) is 7.11 Å². The largest absolute Gasteiger partial charge is 0.452 e. The van der Waals surface area contributed by atoms with Crippen LogP contribution in [0.2, 0.25) is 0 Å². The Bertz CT molecular complexity index is 1360. The minimum atomic E-state index is -0.349. The van der Waals surface area contributed by atoms with E-state index in [1.807, 2.05) is 37.3 Å². The summed E-state index contributed by atoms with van der Waals surface area (Å²) in [5.74, 6) is 1.39. The number of methoxy groups -OCH3 is 1. The third-order valence-electron chi connectivity index (χ3n) is 7.95. The zero-order valence-corrected chi connectivity index (χ0v) is 21.2. The van der Waals surface area contributed by atoms with Crippen molar-refractivity contribution in [2.75, 3.05) is 12.0 Å². The van der Waals surface area contributed by atoms with Crippen molar-refractivity contribution in [2.24, 2.45) is 5.92 Å². The highest BCUT2D eigenvalue weighted by atomic mass is 16.5. The molecule has 7 nitrogen and oxygen atoms in total. The molecule has 7 heteroatoms. The Kier molecular flexibility index (Phi) is 6.53. The van der Waals surface area contributed by atoms with Gasteiger partial charge in [-0.15, -0.1) is 0 Å². The standard InChI is InChI=1S/C29H32N4O3/c1-18-7-12-24-25(32(18)29(35)36-3)13-14-26-28(24)31-27(16-20-5-4-6-21(15-20)17-30)33(26)23-10-8-22(9-11-23)19(2)34/h4-6,13-15,18,22-23H,7-12,16H2,1-3H3/t18-,22?,23?/m0/s1. The van der Waals surface area contributed by atoms with Gasteiger partial charge in [-0.25, -0.2) is 9.78 Å². The minimum Gasteiger partial charge on any atom is -0.452 e. The van der Waals surface area contributed by atoms with E-state index < -0.39 is 0 Å². The van der Waals surface area contributed by atoms with Gasteiger partial charge < -0.3 is 9.30 Å². The quantitative estimate of drug-likeness (QED) is 0.472. The number of ketones is 1. The molecule has 0 unspecified atom stereocenters. The van der Waals surface area contributed by atoms with Crippen molar-refractivity contribution in [2.45, 2.75) is 70.9 Å². The lowest BCUT2D eigenvalue weighted by Gasteiger charge is -2.34. The van der Waals surface area contributed by atoms with E-state index in [2.05, 4.69) is 16.7 Å². The van der Waals surface area contributed by atoms with E-state index in [0.717, 1.165) is 72.2 Å². The average Bonchev–Trinajstić information content (AvgIpc) is 3.26. The summed E-state index contributed by atoms with van der Waals surface area (Å²) in [6.07, 6.45) is 5.60. The second-order valence-electron chi connectivity index (χ2n) is 10.2. The van der Waals surface area contributed by atoms with Crippen LogP contribution in [-0.4, -0.2) is 34.6 Å². The van der Waals surface area contributed by atoms with Gasteiger partial charge in [0.1, 0.15) is 11.6 Å². The molecule has 1 fully saturated rings. The minimum absolute atomic E-state index is 0.0551. The molecule has 1 saturated carbocycles. The summed E-state index contributed by atoms with van der Waals surface area (Å²) in [7, 11) is 1.42. The summed E-state index contributed by atoms with van der Waals surface area (Å²) in [5.41, 5.74) is 5.65. The number of hydrogen-bond acceptors (Lipinski definition) is 5. The Labute approximate surface area is 211 Å². The number of fused-ring (bicyclic) bond motifs is 3. The first-order valence-electron chi connectivity index (χ1n) is 12.8. The molecule has 3 aromatic rings. The molecule has 5 rings (SSSR count). The predicted octanol–water partition coefficient (Wildman–Crippen LogP) is 5.73. The van der Waals surface area contributed by atoms with Gasteiger partial charge in [0.25, 0.3) is 0 Å². The number of aromatic nitrogens is 2. The smallest absolute Gasteiger partial charge is 0.414 e. The summed E-state index contributed by atoms with van der Waals surface area (Å²) >= 11 is 0. The molecule has 1 amide bonds. The molecule has 1 aromatic heterocycles. The number of anilines is 1. The Morgan fingerprint density at radius 3 is 2.61 bits per heavy atom. The molecule has 0 spiro atoms. The van der Waals surface area contributed by atoms with Crippen molar-refractivity contribution in [1.29, 1.82) is 5.26 Å². The Hall–Kier alpha value is -3.66. The summed E-state index contributed by atoms with van der Waals surface area (Å²) in [5, 5.41) is 9.37. The third-order valence-corrected chi connectivity index (χ3v) is 7.95. The second-order valence-corrected chi connectivity index (χ2v) is 10.2. The van der Waals surface area contributed by atoms with E-state index in [9.17, 15) is 14.9 Å². The monoisotopic (exact) mass is 484 g/mol. The van der Waals surface area contributed by atoms with Crippen molar-refractivity contribution in [3.8, 4) is 6.07 Å². The van der Waals surface area contributed by atoms with Gasteiger partial charge in [0, 0.05) is 30.0 Å². The number of Topliss-reactive ketones (excluding diaryl/α,β-unsaturated/α-hetero) is 1. The van der Waals surface area contributed by atoms with E-state index >= 15 is 0 Å². The highest BCUT2D eigenvalue weighted by Gasteiger charge is 2.33. The molecule has 186 valence electrons. The summed E-state index contributed by atoms with van der Waals surface area (Å²) in [4.78, 5) is 31.5. The van der Waals surface area contributed by atoms with Crippen LogP contribution in [0.4, 0.5) is 10.5 Å². The molecule has 2 heterocycles. The van der Waals surface area contributed by atoms with E-state index in [-0.39, 0.29) is 29.9 Å². The fourth-order valence-corrected chi connectivity index (χ4v) is 6.03. The highest BCUT2D eigenvalue weighted by molar-refractivity contribution is 5.95. The van der Waals surface area contributed by atoms with Crippen molar-refractivity contribution in [1.82, 2.24) is 9.55 Å². The number of aryl methyl sites for hydroxylation is 1. The molecule has 0 saturated heterocycles. The first kappa shape index (κ1) is 24.1. The van der Waals surface area contributed by atoms with Crippen molar-refractivity contribution in [3.05, 3.63) is 58.9 Å². The van der Waals surface area contributed by atoms with Gasteiger partial charge in [-0.1, -0.05) is 12.1 Å². The number of carbonyl (C=O) groups is 2. The van der Waals surface area contributed by atoms with Crippen LogP contribution in [0.3, 0.4) is 0 Å². The van der Waals surface area contributed by atoms with Gasteiger partial charge in [0.05, 0.1) is 35.5 Å². The van der Waals surface area contributed by atoms with Gasteiger partial charge in [-0.3, -0.25) is 9.69 Å². The van der Waals surface area contributed by atoms with Gasteiger partial charge in [-0.2, -0.15) is 5.26 Å². The van der Waals surface area contributed by atoms with Crippen LogP contribution in [0.5, 0.6) is 0 Å². The van der Waals surface area contributed by atoms with Crippen LogP contribution >= 0.6 is 0 Å². The number of nitriles is 1. The Morgan fingerprint density at radius 2 is 1.92 bits per heavy atom. The zero-order valence-electron chi connectivity index (χ0n) is 21.2. The molecule has 0 N–H and O–H groups in total. The second kappa shape index (κ2) is 9.77. The van der Waals surface area contributed by atoms with Crippen LogP contribution in [0.25, 0.3) is 11.0 Å². The molecule has 0 radical (unpaired) electrons. The number of imidazole rings is 1. The number of nitrogens with zero attached hydrogens (tertiary/aromatic N) is 4. The number of amides is 1. The highest BCUT2D eigenvalue weighted by Crippen LogP contribution is 2.40. The zero-order chi connectivity index (χ0) is 25.4. The van der Waals surface area contributed by atoms with Crippen LogP contribution in [-0.2, 0) is 22.4 Å². The Morgan fingerprint density at radius 1 is 1.14 bits per heavy atom. The van der Waals surface area contributed by atoms with Crippen LogP contribution in [0, 0.1) is 17.2 Å². The van der Waals surface area contributed by atoms with Crippen LogP contribution in [0.15, 0.2) is 36.4 Å². The molecular formula is C29H32N4O3. The van der Waals surface area contributed by atoms with Crippen LogP contribution in [0.1, 0.15) is 74.5 Å². The first-order valence-corrected chi connectivity index (χ1v) is 12.8. The van der Waals surface area contributed by atoms with Crippen LogP contribution < -0.4 is 4.90 Å². The molecular weight excluding hydrogens is 452 g/mol. The number of benzene rings is 2. The molecule has 0 bridgehead atoms. The molecule has 36 heavy (non-hydrogen) atoms. The molecule has 1 aliphatic heterocycles. The Balaban J connectivity index is 1.62. The average molecular weight is 485 g/mol. The number of hydrogen-bond donors (Lipinski definition) is 0. The molecule has 1 atom stereocenters. The lowest BCUT2D eigenvalue weighted by molar-refractivity contribution is -0.121. The lowest BCUT2D eigenvalue weighted by atomic mass is 9.83. The predicted molar refractivity (Wildman–Crippen MR) is 138 cm³/mol. The topological polar surface area (TPSA) is 88.2 Å². The van der Waals surface area contributed by atoms with Gasteiger partial charge >= 0.3 is 6.09 Å². The van der Waals surface area contributed by atoms with E-state index in [4.69, 9.17) is 9.72 Å². The number of ether oxygens (including phenoxy) is 1. The van der Waals surface area contributed by atoms with Crippen molar-refractivity contribution < 1.29 is 14.3 Å². The third kappa shape index (κ3) is 4.26. The van der Waals surface area contributed by atoms with Gasteiger partial charge in [-0.05, 0) is 82.2 Å². The fourth-order valence-electron chi connectivity index (χ4n) is 6.03. The maximum Gasteiger partial charge on any atom is 0.414 e. The summed E-state index contributed by atoms with van der Waals surface area (Å²) in [6.45, 7) is 3.75. The van der Waals surface area contributed by atoms with Gasteiger partial charge in [0.15, 0.2) is 0 Å². The summed E-state index contributed by atoms with van der Waals surface area (Å²) in [6, 6.07) is 14.3. The maximum absolute atomic E-state index is 12.6. The molecule has 2 aliphatic rings. The number of carbonyl (C=O) groups excluding carboxylic acids is 2. The fraction of sp³-hybridized carbons (Fsp3) is 0.448.